The molecular weight excluding hydrogens is 426 g/mol. The molecule has 0 aliphatic heterocycles. The van der Waals surface area contributed by atoms with E-state index in [9.17, 15) is 4.79 Å². The highest BCUT2D eigenvalue weighted by atomic mass is 79.9. The summed E-state index contributed by atoms with van der Waals surface area (Å²) in [5.41, 5.74) is 4.67. The lowest BCUT2D eigenvalue weighted by Gasteiger charge is -2.07. The number of para-hydroxylation sites is 1. The van der Waals surface area contributed by atoms with E-state index in [4.69, 9.17) is 16.7 Å². The molecule has 0 fully saturated rings. The van der Waals surface area contributed by atoms with E-state index in [2.05, 4.69) is 20.9 Å². The number of nitrogens with zero attached hydrogens (tertiary/aromatic N) is 2. The first-order valence-corrected chi connectivity index (χ1v) is 9.94. The largest absolute Gasteiger partial charge is 0.343 e. The normalized spacial score (nSPS) is 11.2. The molecule has 2 aromatic carbocycles. The number of halogens is 2. The summed E-state index contributed by atoms with van der Waals surface area (Å²) in [6.07, 6.45) is 0.523. The van der Waals surface area contributed by atoms with Gasteiger partial charge >= 0.3 is 0 Å². The van der Waals surface area contributed by atoms with Crippen LogP contribution in [0.5, 0.6) is 0 Å². The van der Waals surface area contributed by atoms with Crippen LogP contribution in [0, 0.1) is 6.92 Å². The second-order valence-corrected chi connectivity index (χ2v) is 7.62. The molecule has 0 saturated heterocycles. The molecule has 4 nitrogen and oxygen atoms in total. The fraction of sp³-hybridized carbons (Fsp3) is 0.143. The molecule has 0 aliphatic rings. The van der Waals surface area contributed by atoms with Crippen LogP contribution in [0.25, 0.3) is 28.0 Å². The molecule has 0 bridgehead atoms. The minimum Gasteiger partial charge on any atom is -0.343 e. The highest BCUT2D eigenvalue weighted by molar-refractivity contribution is 9.10. The van der Waals surface area contributed by atoms with Gasteiger partial charge in [-0.25, -0.2) is 4.68 Å². The van der Waals surface area contributed by atoms with Crippen molar-refractivity contribution < 1.29 is 0 Å². The minimum absolute atomic E-state index is 0.0120. The van der Waals surface area contributed by atoms with Crippen molar-refractivity contribution >= 4 is 38.6 Å². The molecule has 2 aromatic heterocycles. The fourth-order valence-electron chi connectivity index (χ4n) is 3.28. The molecule has 27 heavy (non-hydrogen) atoms. The third kappa shape index (κ3) is 3.22. The molecule has 0 spiro atoms. The first-order chi connectivity index (χ1) is 13.1. The summed E-state index contributed by atoms with van der Waals surface area (Å²) < 4.78 is 2.77. The smallest absolute Gasteiger partial charge is 0.196 e. The van der Waals surface area contributed by atoms with Crippen LogP contribution >= 0.6 is 27.5 Å². The van der Waals surface area contributed by atoms with E-state index in [1.165, 1.54) is 0 Å². The van der Waals surface area contributed by atoms with Gasteiger partial charge in [-0.3, -0.25) is 4.79 Å². The Morgan fingerprint density at radius 1 is 1.11 bits per heavy atom. The van der Waals surface area contributed by atoms with E-state index in [1.807, 2.05) is 61.5 Å². The maximum absolute atomic E-state index is 13.3. The maximum Gasteiger partial charge on any atom is 0.196 e. The summed E-state index contributed by atoms with van der Waals surface area (Å²) >= 11 is 9.39. The number of nitrogens with one attached hydrogen (secondary N) is 1. The van der Waals surface area contributed by atoms with Crippen LogP contribution in [0.1, 0.15) is 11.3 Å². The van der Waals surface area contributed by atoms with Gasteiger partial charge in [-0.05, 0) is 37.6 Å². The van der Waals surface area contributed by atoms with E-state index in [-0.39, 0.29) is 5.43 Å². The average Bonchev–Trinajstić information content (AvgIpc) is 3.06. The number of benzene rings is 2. The van der Waals surface area contributed by atoms with Crippen LogP contribution in [-0.4, -0.2) is 20.6 Å². The monoisotopic (exact) mass is 441 g/mol. The number of pyridine rings is 1. The Bertz CT molecular complexity index is 1160. The van der Waals surface area contributed by atoms with Crippen molar-refractivity contribution in [3.05, 3.63) is 80.6 Å². The SMILES string of the molecule is Cc1[nH]c2c(c(-c3ccc(Br)cc3)nn2-c2ccccc2)c(=O)c1CCCl. The summed E-state index contributed by atoms with van der Waals surface area (Å²) in [4.78, 5) is 16.7. The fourth-order valence-corrected chi connectivity index (χ4v) is 3.74. The lowest BCUT2D eigenvalue weighted by molar-refractivity contribution is 0.895. The number of aromatic amines is 1. The number of hydrogen-bond donors (Lipinski definition) is 1. The zero-order valence-corrected chi connectivity index (χ0v) is 17.0. The van der Waals surface area contributed by atoms with Gasteiger partial charge in [-0.1, -0.05) is 46.3 Å². The Kier molecular flexibility index (Phi) is 4.89. The highest BCUT2D eigenvalue weighted by Crippen LogP contribution is 2.28. The van der Waals surface area contributed by atoms with Crippen LogP contribution in [-0.2, 0) is 6.42 Å². The molecule has 0 radical (unpaired) electrons. The van der Waals surface area contributed by atoms with Crippen LogP contribution in [0.3, 0.4) is 0 Å². The third-order valence-corrected chi connectivity index (χ3v) is 5.33. The number of rotatable bonds is 4. The molecule has 0 atom stereocenters. The number of hydrogen-bond acceptors (Lipinski definition) is 2. The van der Waals surface area contributed by atoms with Crippen LogP contribution in [0.2, 0.25) is 0 Å². The lowest BCUT2D eigenvalue weighted by atomic mass is 10.0. The summed E-state index contributed by atoms with van der Waals surface area (Å²) in [5, 5.41) is 5.39. The predicted molar refractivity (Wildman–Crippen MR) is 114 cm³/mol. The van der Waals surface area contributed by atoms with Gasteiger partial charge in [0.15, 0.2) is 5.43 Å². The molecular formula is C21H17BrClN3O. The molecule has 0 aliphatic carbocycles. The van der Waals surface area contributed by atoms with Gasteiger partial charge < -0.3 is 4.98 Å². The molecule has 136 valence electrons. The number of fused-ring (bicyclic) bond motifs is 1. The van der Waals surface area contributed by atoms with Crippen LogP contribution in [0.4, 0.5) is 0 Å². The van der Waals surface area contributed by atoms with Gasteiger partial charge in [0.25, 0.3) is 0 Å². The topological polar surface area (TPSA) is 50.7 Å². The van der Waals surface area contributed by atoms with Gasteiger partial charge in [0, 0.05) is 27.2 Å². The van der Waals surface area contributed by atoms with Crippen molar-refractivity contribution in [1.82, 2.24) is 14.8 Å². The zero-order chi connectivity index (χ0) is 19.0. The number of aryl methyl sites for hydroxylation is 1. The van der Waals surface area contributed by atoms with E-state index in [1.54, 1.807) is 4.68 Å². The highest BCUT2D eigenvalue weighted by Gasteiger charge is 2.20. The molecule has 2 heterocycles. The Morgan fingerprint density at radius 2 is 1.81 bits per heavy atom. The summed E-state index contributed by atoms with van der Waals surface area (Å²) in [5.74, 6) is 0.399. The van der Waals surface area contributed by atoms with Gasteiger partial charge in [0.05, 0.1) is 11.1 Å². The second-order valence-electron chi connectivity index (χ2n) is 6.32. The molecule has 0 saturated carbocycles. The lowest BCUT2D eigenvalue weighted by Crippen LogP contribution is -2.14. The second kappa shape index (κ2) is 7.33. The molecule has 1 N–H and O–H groups in total. The Morgan fingerprint density at radius 3 is 2.48 bits per heavy atom. The van der Waals surface area contributed by atoms with Gasteiger partial charge in [-0.2, -0.15) is 5.10 Å². The maximum atomic E-state index is 13.3. The first-order valence-electron chi connectivity index (χ1n) is 8.62. The molecule has 0 unspecified atom stereocenters. The number of aromatic nitrogens is 3. The van der Waals surface area contributed by atoms with Crippen molar-refractivity contribution in [2.45, 2.75) is 13.3 Å². The number of H-pyrrole nitrogens is 1. The van der Waals surface area contributed by atoms with Crippen molar-refractivity contribution in [2.75, 3.05) is 5.88 Å². The van der Waals surface area contributed by atoms with E-state index in [0.29, 0.717) is 34.6 Å². The van der Waals surface area contributed by atoms with E-state index in [0.717, 1.165) is 21.4 Å². The summed E-state index contributed by atoms with van der Waals surface area (Å²) in [6.45, 7) is 1.91. The molecule has 6 heteroatoms. The van der Waals surface area contributed by atoms with Crippen molar-refractivity contribution in [3.63, 3.8) is 0 Å². The Labute approximate surface area is 169 Å². The van der Waals surface area contributed by atoms with Crippen molar-refractivity contribution in [2.24, 2.45) is 0 Å². The zero-order valence-electron chi connectivity index (χ0n) is 14.7. The van der Waals surface area contributed by atoms with E-state index >= 15 is 0 Å². The molecule has 4 rings (SSSR count). The van der Waals surface area contributed by atoms with Gasteiger partial charge in [0.2, 0.25) is 0 Å². The van der Waals surface area contributed by atoms with Crippen molar-refractivity contribution in [1.29, 1.82) is 0 Å². The van der Waals surface area contributed by atoms with Crippen LogP contribution < -0.4 is 5.43 Å². The summed E-state index contributed by atoms with van der Waals surface area (Å²) in [7, 11) is 0. The summed E-state index contributed by atoms with van der Waals surface area (Å²) in [6, 6.07) is 17.6. The van der Waals surface area contributed by atoms with Crippen molar-refractivity contribution in [3.8, 4) is 16.9 Å². The number of alkyl halides is 1. The Balaban J connectivity index is 2.09. The average molecular weight is 443 g/mol. The van der Waals surface area contributed by atoms with Gasteiger partial charge in [0.1, 0.15) is 11.3 Å². The van der Waals surface area contributed by atoms with Crippen LogP contribution in [0.15, 0.2) is 63.9 Å². The third-order valence-electron chi connectivity index (χ3n) is 4.61. The first kappa shape index (κ1) is 18.0. The molecule has 0 amide bonds. The Hall–Kier alpha value is -2.37. The minimum atomic E-state index is -0.0120. The van der Waals surface area contributed by atoms with E-state index < -0.39 is 0 Å². The van der Waals surface area contributed by atoms with Gasteiger partial charge in [-0.15, -0.1) is 11.6 Å². The standard InChI is InChI=1S/C21H17BrClN3O/c1-13-17(11-12-23)20(27)18-19(14-7-9-15(22)10-8-14)25-26(21(18)24-13)16-5-3-2-4-6-16/h2-10H,11-12H2,1H3,(H,24,27). The quantitative estimate of drug-likeness (QED) is 0.440. The molecule has 4 aromatic rings. The predicted octanol–water partition coefficient (Wildman–Crippen LogP) is 5.23.